The van der Waals surface area contributed by atoms with Gasteiger partial charge in [-0.2, -0.15) is 0 Å². The smallest absolute Gasteiger partial charge is 0.212 e. The van der Waals surface area contributed by atoms with Gasteiger partial charge in [0.05, 0.1) is 12.4 Å². The lowest BCUT2D eigenvalue weighted by atomic mass is 9.97. The molecule has 1 saturated heterocycles. The van der Waals surface area contributed by atoms with Gasteiger partial charge in [0.2, 0.25) is 10.0 Å². The molecular formula is C20H32N2O4S. The van der Waals surface area contributed by atoms with Crippen LogP contribution in [0.15, 0.2) is 24.3 Å². The van der Waals surface area contributed by atoms with E-state index in [9.17, 15) is 8.42 Å². The first-order valence-corrected chi connectivity index (χ1v) is 11.5. The van der Waals surface area contributed by atoms with Crippen molar-refractivity contribution in [2.24, 2.45) is 5.92 Å². The average Bonchev–Trinajstić information content (AvgIpc) is 3.42. The molecule has 7 heteroatoms. The molecule has 1 aromatic rings. The lowest BCUT2D eigenvalue weighted by Gasteiger charge is -2.41. The summed E-state index contributed by atoms with van der Waals surface area (Å²) in [6.07, 6.45) is 3.90. The van der Waals surface area contributed by atoms with Crippen LogP contribution in [0, 0.1) is 12.8 Å². The molecule has 1 aromatic carbocycles. The molecule has 6 nitrogen and oxygen atoms in total. The van der Waals surface area contributed by atoms with Crippen LogP contribution in [0.4, 0.5) is 0 Å². The Kier molecular flexibility index (Phi) is 7.14. The molecule has 0 spiro atoms. The van der Waals surface area contributed by atoms with Gasteiger partial charge in [-0.15, -0.1) is 0 Å². The van der Waals surface area contributed by atoms with E-state index in [1.807, 2.05) is 31.2 Å². The van der Waals surface area contributed by atoms with E-state index in [2.05, 4.69) is 9.62 Å². The van der Waals surface area contributed by atoms with Crippen LogP contribution in [-0.4, -0.2) is 64.6 Å². The molecule has 0 unspecified atom stereocenters. The quantitative estimate of drug-likeness (QED) is 0.657. The summed E-state index contributed by atoms with van der Waals surface area (Å²) in [5.41, 5.74) is 1.12. The Bertz CT molecular complexity index is 706. The number of aryl methyl sites for hydroxylation is 1. The van der Waals surface area contributed by atoms with Gasteiger partial charge in [-0.3, -0.25) is 4.90 Å². The van der Waals surface area contributed by atoms with Crippen LogP contribution in [0.1, 0.15) is 31.2 Å². The molecule has 0 amide bonds. The number of piperidine rings is 1. The fourth-order valence-corrected chi connectivity index (χ4v) is 5.59. The van der Waals surface area contributed by atoms with Gasteiger partial charge in [0.1, 0.15) is 12.4 Å². The van der Waals surface area contributed by atoms with Crippen molar-refractivity contribution in [1.29, 1.82) is 0 Å². The van der Waals surface area contributed by atoms with Crippen LogP contribution in [0.3, 0.4) is 0 Å². The number of hydrogen-bond acceptors (Lipinski definition) is 5. The molecule has 152 valence electrons. The van der Waals surface area contributed by atoms with Crippen molar-refractivity contribution in [2.75, 3.05) is 39.2 Å². The Morgan fingerprint density at radius 1 is 1.22 bits per heavy atom. The van der Waals surface area contributed by atoms with E-state index in [0.717, 1.165) is 50.1 Å². The second-order valence-corrected chi connectivity index (χ2v) is 9.56. The molecule has 1 aliphatic carbocycles. The first kappa shape index (κ1) is 20.6. The molecule has 2 aliphatic rings. The van der Waals surface area contributed by atoms with E-state index in [1.54, 1.807) is 7.11 Å². The van der Waals surface area contributed by atoms with Gasteiger partial charge >= 0.3 is 0 Å². The highest BCUT2D eigenvalue weighted by atomic mass is 32.2. The number of benzene rings is 1. The van der Waals surface area contributed by atoms with Crippen LogP contribution in [0.5, 0.6) is 5.75 Å². The number of hydrogen-bond donors (Lipinski definition) is 1. The molecule has 2 fully saturated rings. The molecule has 3 rings (SSSR count). The maximum atomic E-state index is 12.4. The second-order valence-electron chi connectivity index (χ2n) is 7.76. The van der Waals surface area contributed by atoms with Crippen LogP contribution in [-0.2, 0) is 14.8 Å². The van der Waals surface area contributed by atoms with Gasteiger partial charge < -0.3 is 9.47 Å². The van der Waals surface area contributed by atoms with Crippen LogP contribution < -0.4 is 9.46 Å². The minimum absolute atomic E-state index is 0.0400. The zero-order valence-corrected chi connectivity index (χ0v) is 17.2. The average molecular weight is 397 g/mol. The molecule has 0 radical (unpaired) electrons. The molecule has 27 heavy (non-hydrogen) atoms. The minimum atomic E-state index is -3.23. The number of nitrogens with one attached hydrogen (secondary N) is 1. The van der Waals surface area contributed by atoms with E-state index in [1.165, 1.54) is 0 Å². The van der Waals surface area contributed by atoms with Gasteiger partial charge in [0.15, 0.2) is 0 Å². The van der Waals surface area contributed by atoms with E-state index in [0.29, 0.717) is 19.1 Å². The highest BCUT2D eigenvalue weighted by Gasteiger charge is 2.36. The fraction of sp³-hybridized carbons (Fsp3) is 0.700. The predicted molar refractivity (Wildman–Crippen MR) is 107 cm³/mol. The summed E-state index contributed by atoms with van der Waals surface area (Å²) in [7, 11) is -1.55. The van der Waals surface area contributed by atoms with Crippen molar-refractivity contribution >= 4 is 10.0 Å². The summed E-state index contributed by atoms with van der Waals surface area (Å²) >= 11 is 0. The zero-order chi connectivity index (χ0) is 19.3. The van der Waals surface area contributed by atoms with Crippen LogP contribution in [0.25, 0.3) is 0 Å². The van der Waals surface area contributed by atoms with Crippen molar-refractivity contribution in [3.05, 3.63) is 29.8 Å². The lowest BCUT2D eigenvalue weighted by molar-refractivity contribution is 0.0403. The van der Waals surface area contributed by atoms with Gasteiger partial charge in [-0.05, 0) is 56.7 Å². The summed E-state index contributed by atoms with van der Waals surface area (Å²) in [5.74, 6) is 1.52. The summed E-state index contributed by atoms with van der Waals surface area (Å²) in [6, 6.07) is 7.93. The van der Waals surface area contributed by atoms with Crippen molar-refractivity contribution in [1.82, 2.24) is 9.62 Å². The number of likely N-dealkylation sites (tertiary alicyclic amines) is 1. The van der Waals surface area contributed by atoms with E-state index in [-0.39, 0.29) is 17.8 Å². The van der Waals surface area contributed by atoms with Gasteiger partial charge in [0.25, 0.3) is 0 Å². The van der Waals surface area contributed by atoms with Crippen molar-refractivity contribution in [2.45, 2.75) is 44.7 Å². The first-order valence-electron chi connectivity index (χ1n) is 9.90. The maximum absolute atomic E-state index is 12.4. The van der Waals surface area contributed by atoms with E-state index >= 15 is 0 Å². The highest BCUT2D eigenvalue weighted by Crippen LogP contribution is 2.30. The predicted octanol–water partition coefficient (Wildman–Crippen LogP) is 2.18. The van der Waals surface area contributed by atoms with Crippen molar-refractivity contribution in [3.63, 3.8) is 0 Å². The van der Waals surface area contributed by atoms with Gasteiger partial charge in [-0.25, -0.2) is 13.1 Å². The minimum Gasteiger partial charge on any atom is -0.492 e. The zero-order valence-electron chi connectivity index (χ0n) is 16.4. The monoisotopic (exact) mass is 396 g/mol. The van der Waals surface area contributed by atoms with Crippen LogP contribution in [0.2, 0.25) is 0 Å². The Morgan fingerprint density at radius 3 is 2.70 bits per heavy atom. The third-order valence-corrected chi connectivity index (χ3v) is 7.02. The number of methoxy groups -OCH3 is 1. The molecule has 1 heterocycles. The summed E-state index contributed by atoms with van der Waals surface area (Å²) in [4.78, 5) is 2.30. The Hall–Kier alpha value is -1.15. The number of sulfonamides is 1. The first-order chi connectivity index (χ1) is 13.0. The van der Waals surface area contributed by atoms with Gasteiger partial charge in [-0.1, -0.05) is 18.2 Å². The van der Waals surface area contributed by atoms with Gasteiger partial charge in [0, 0.05) is 25.7 Å². The third kappa shape index (κ3) is 6.17. The fourth-order valence-electron chi connectivity index (χ4n) is 3.80. The lowest BCUT2D eigenvalue weighted by Crippen LogP contribution is -2.58. The van der Waals surface area contributed by atoms with Crippen molar-refractivity contribution in [3.8, 4) is 5.75 Å². The normalized spacial score (nSPS) is 24.1. The third-order valence-electron chi connectivity index (χ3n) is 5.44. The molecule has 1 aliphatic heterocycles. The summed E-state index contributed by atoms with van der Waals surface area (Å²) in [5, 5.41) is 0. The number of para-hydroxylation sites is 1. The second kappa shape index (κ2) is 9.37. The van der Waals surface area contributed by atoms with E-state index in [4.69, 9.17) is 9.47 Å². The molecular weight excluding hydrogens is 364 g/mol. The molecule has 0 aromatic heterocycles. The largest absolute Gasteiger partial charge is 0.492 e. The Morgan fingerprint density at radius 2 is 2.00 bits per heavy atom. The number of nitrogens with zero attached hydrogens (tertiary/aromatic N) is 1. The van der Waals surface area contributed by atoms with Crippen molar-refractivity contribution < 1.29 is 17.9 Å². The number of rotatable bonds is 10. The molecule has 1 saturated carbocycles. The molecule has 1 N–H and O–H groups in total. The summed E-state index contributed by atoms with van der Waals surface area (Å²) < 4.78 is 39.2. The Labute approximate surface area is 163 Å². The Balaban J connectivity index is 1.57. The number of ether oxygens (including phenoxy) is 2. The summed E-state index contributed by atoms with van der Waals surface area (Å²) in [6.45, 7) is 4.82. The SMILES string of the molecule is COC[C@H]1[C@@H](NS(=O)(=O)CC2CC2)CCCN1CCOc1ccccc1C. The standard InChI is InChI=1S/C20H32N2O4S/c1-16-6-3-4-8-20(16)26-13-12-22-11-5-7-18(19(22)14-25-2)21-27(23,24)15-17-9-10-17/h3-4,6,8,17-19,21H,5,7,9-15H2,1-2H3/t18-,19-/m0/s1. The van der Waals surface area contributed by atoms with Crippen LogP contribution >= 0.6 is 0 Å². The maximum Gasteiger partial charge on any atom is 0.212 e. The van der Waals surface area contributed by atoms with E-state index < -0.39 is 10.0 Å². The highest BCUT2D eigenvalue weighted by molar-refractivity contribution is 7.89. The molecule has 2 atom stereocenters. The topological polar surface area (TPSA) is 67.9 Å². The molecule has 0 bridgehead atoms.